The van der Waals surface area contributed by atoms with Crippen LogP contribution in [-0.2, 0) is 32.6 Å². The molecule has 0 unspecified atom stereocenters. The van der Waals surface area contributed by atoms with Crippen LogP contribution in [0.15, 0.2) is 77.3 Å². The van der Waals surface area contributed by atoms with E-state index < -0.39 is 28.5 Å². The summed E-state index contributed by atoms with van der Waals surface area (Å²) in [6.45, 7) is 5.27. The summed E-state index contributed by atoms with van der Waals surface area (Å²) in [6, 6.07) is 20.8. The van der Waals surface area contributed by atoms with E-state index in [4.69, 9.17) is 11.6 Å². The molecule has 0 radical (unpaired) electrons. The number of hydrogen-bond acceptors (Lipinski definition) is 4. The molecule has 214 valence electrons. The van der Waals surface area contributed by atoms with Crippen LogP contribution in [-0.4, -0.2) is 50.0 Å². The number of benzene rings is 3. The van der Waals surface area contributed by atoms with E-state index in [0.717, 1.165) is 32.6 Å². The number of nitrogens with zero attached hydrogens (tertiary/aromatic N) is 2. The third kappa shape index (κ3) is 8.81. The van der Waals surface area contributed by atoms with Crippen molar-refractivity contribution in [1.82, 2.24) is 10.2 Å². The minimum Gasteiger partial charge on any atom is -0.352 e. The van der Waals surface area contributed by atoms with Crippen LogP contribution in [0.3, 0.4) is 0 Å². The van der Waals surface area contributed by atoms with Crippen molar-refractivity contribution in [1.29, 1.82) is 0 Å². The molecule has 0 heterocycles. The highest BCUT2D eigenvalue weighted by Crippen LogP contribution is 2.26. The summed E-state index contributed by atoms with van der Waals surface area (Å²) < 4.78 is 27.8. The number of anilines is 1. The summed E-state index contributed by atoms with van der Waals surface area (Å²) in [5.74, 6) is -0.792. The highest BCUT2D eigenvalue weighted by molar-refractivity contribution is 9.10. The van der Waals surface area contributed by atoms with Gasteiger partial charge in [0.1, 0.15) is 12.6 Å². The van der Waals surface area contributed by atoms with E-state index in [-0.39, 0.29) is 24.9 Å². The van der Waals surface area contributed by atoms with Crippen molar-refractivity contribution in [3.05, 3.63) is 99.0 Å². The lowest BCUT2D eigenvalue weighted by atomic mass is 10.0. The zero-order chi connectivity index (χ0) is 29.4. The summed E-state index contributed by atoms with van der Waals surface area (Å²) >= 11 is 9.55. The normalized spacial score (nSPS) is 12.8. The van der Waals surface area contributed by atoms with Gasteiger partial charge in [0.25, 0.3) is 0 Å². The van der Waals surface area contributed by atoms with Gasteiger partial charge in [0.2, 0.25) is 21.8 Å². The smallest absolute Gasteiger partial charge is 0.244 e. The van der Waals surface area contributed by atoms with Crippen LogP contribution < -0.4 is 9.62 Å². The van der Waals surface area contributed by atoms with Crippen molar-refractivity contribution in [3.8, 4) is 0 Å². The molecule has 3 aromatic rings. The van der Waals surface area contributed by atoms with Crippen molar-refractivity contribution < 1.29 is 18.0 Å². The van der Waals surface area contributed by atoms with E-state index in [9.17, 15) is 18.0 Å². The molecule has 0 spiro atoms. The van der Waals surface area contributed by atoms with E-state index in [1.54, 1.807) is 25.1 Å². The molecule has 0 saturated carbocycles. The fourth-order valence-electron chi connectivity index (χ4n) is 4.28. The molecule has 0 bridgehead atoms. The Morgan fingerprint density at radius 1 is 1.00 bits per heavy atom. The first-order valence-corrected chi connectivity index (χ1v) is 16.0. The molecule has 3 aromatic carbocycles. The van der Waals surface area contributed by atoms with Crippen LogP contribution >= 0.6 is 27.5 Å². The van der Waals surface area contributed by atoms with Crippen LogP contribution in [0.2, 0.25) is 5.02 Å². The van der Waals surface area contributed by atoms with E-state index in [2.05, 4.69) is 21.2 Å². The highest BCUT2D eigenvalue weighted by atomic mass is 79.9. The summed E-state index contributed by atoms with van der Waals surface area (Å²) in [5.41, 5.74) is 2.65. The SMILES string of the molecule is CC[C@H](C)NC(=O)[C@H](Cc1ccccc1)N(Cc1ccc(Br)cc1)C(=O)CN(c1ccc(Cl)cc1C)S(C)(=O)=O. The quantitative estimate of drug-likeness (QED) is 0.272. The molecule has 0 fully saturated rings. The number of carbonyl (C=O) groups is 2. The largest absolute Gasteiger partial charge is 0.352 e. The van der Waals surface area contributed by atoms with Gasteiger partial charge in [-0.3, -0.25) is 13.9 Å². The number of sulfonamides is 1. The minimum absolute atomic E-state index is 0.0976. The summed E-state index contributed by atoms with van der Waals surface area (Å²) in [6.07, 6.45) is 2.05. The average molecular weight is 649 g/mol. The van der Waals surface area contributed by atoms with Crippen molar-refractivity contribution in [2.45, 2.75) is 52.2 Å². The van der Waals surface area contributed by atoms with Crippen LogP contribution in [0, 0.1) is 6.92 Å². The number of amides is 2. The maximum atomic E-state index is 14.1. The lowest BCUT2D eigenvalue weighted by molar-refractivity contribution is -0.140. The average Bonchev–Trinajstić information content (AvgIpc) is 2.90. The predicted octanol–water partition coefficient (Wildman–Crippen LogP) is 5.73. The van der Waals surface area contributed by atoms with Gasteiger partial charge in [0, 0.05) is 28.5 Å². The maximum Gasteiger partial charge on any atom is 0.244 e. The molecule has 2 atom stereocenters. The topological polar surface area (TPSA) is 86.8 Å². The van der Waals surface area contributed by atoms with Crippen molar-refractivity contribution >= 4 is 55.1 Å². The third-order valence-corrected chi connectivity index (χ3v) is 8.54. The van der Waals surface area contributed by atoms with E-state index >= 15 is 0 Å². The molecular formula is C30H35BrClN3O4S. The molecule has 2 amide bonds. The van der Waals surface area contributed by atoms with Gasteiger partial charge < -0.3 is 10.2 Å². The predicted molar refractivity (Wildman–Crippen MR) is 165 cm³/mol. The highest BCUT2D eigenvalue weighted by Gasteiger charge is 2.33. The van der Waals surface area contributed by atoms with Crippen LogP contribution in [0.4, 0.5) is 5.69 Å². The lowest BCUT2D eigenvalue weighted by Gasteiger charge is -2.34. The molecule has 7 nitrogen and oxygen atoms in total. The lowest BCUT2D eigenvalue weighted by Crippen LogP contribution is -2.54. The molecule has 40 heavy (non-hydrogen) atoms. The Balaban J connectivity index is 2.07. The molecule has 0 aromatic heterocycles. The maximum absolute atomic E-state index is 14.1. The van der Waals surface area contributed by atoms with Gasteiger partial charge in [0.15, 0.2) is 0 Å². The Bertz CT molecular complexity index is 1420. The number of halogens is 2. The summed E-state index contributed by atoms with van der Waals surface area (Å²) in [4.78, 5) is 29.3. The van der Waals surface area contributed by atoms with Gasteiger partial charge in [-0.15, -0.1) is 0 Å². The number of hydrogen-bond donors (Lipinski definition) is 1. The molecule has 0 saturated heterocycles. The van der Waals surface area contributed by atoms with Gasteiger partial charge in [-0.05, 0) is 67.3 Å². The van der Waals surface area contributed by atoms with Crippen molar-refractivity contribution in [2.24, 2.45) is 0 Å². The molecule has 1 N–H and O–H groups in total. The zero-order valence-electron chi connectivity index (χ0n) is 23.1. The molecule has 0 aliphatic rings. The second kappa shape index (κ2) is 14.1. The first-order valence-electron chi connectivity index (χ1n) is 13.0. The number of rotatable bonds is 12. The monoisotopic (exact) mass is 647 g/mol. The zero-order valence-corrected chi connectivity index (χ0v) is 26.3. The molecule has 0 aliphatic heterocycles. The van der Waals surface area contributed by atoms with Gasteiger partial charge in [-0.1, -0.05) is 76.9 Å². The number of nitrogens with one attached hydrogen (secondary N) is 1. The summed E-state index contributed by atoms with van der Waals surface area (Å²) in [5, 5.41) is 3.48. The van der Waals surface area contributed by atoms with Gasteiger partial charge in [-0.2, -0.15) is 0 Å². The van der Waals surface area contributed by atoms with Gasteiger partial charge in [-0.25, -0.2) is 8.42 Å². The standard InChI is InChI=1S/C30H35BrClN3O4S/c1-5-22(3)33-30(37)28(18-23-9-7-6-8-10-23)34(19-24-11-13-25(31)14-12-24)29(36)20-35(40(4,38)39)27-16-15-26(32)17-21(27)2/h6-17,22,28H,5,18-20H2,1-4H3,(H,33,37)/t22-,28-/m0/s1. The Morgan fingerprint density at radius 2 is 1.65 bits per heavy atom. The van der Waals surface area contributed by atoms with Crippen molar-refractivity contribution in [3.63, 3.8) is 0 Å². The first-order chi connectivity index (χ1) is 18.9. The second-order valence-electron chi connectivity index (χ2n) is 9.87. The van der Waals surface area contributed by atoms with E-state index in [0.29, 0.717) is 16.3 Å². The van der Waals surface area contributed by atoms with Crippen molar-refractivity contribution in [2.75, 3.05) is 17.1 Å². The third-order valence-electron chi connectivity index (χ3n) is 6.65. The fourth-order valence-corrected chi connectivity index (χ4v) is 5.67. The Morgan fingerprint density at radius 3 is 2.23 bits per heavy atom. The first kappa shape index (κ1) is 31.6. The van der Waals surface area contributed by atoms with Gasteiger partial charge in [0.05, 0.1) is 11.9 Å². The molecule has 10 heteroatoms. The summed E-state index contributed by atoms with van der Waals surface area (Å²) in [7, 11) is -3.85. The number of carbonyl (C=O) groups excluding carboxylic acids is 2. The van der Waals surface area contributed by atoms with Crippen LogP contribution in [0.1, 0.15) is 37.0 Å². The molecule has 3 rings (SSSR count). The Labute approximate surface area is 250 Å². The minimum atomic E-state index is -3.85. The van der Waals surface area contributed by atoms with Gasteiger partial charge >= 0.3 is 0 Å². The van der Waals surface area contributed by atoms with Crippen LogP contribution in [0.5, 0.6) is 0 Å². The Kier molecular flexibility index (Phi) is 11.2. The van der Waals surface area contributed by atoms with E-state index in [1.165, 1.54) is 4.90 Å². The Hall–Kier alpha value is -2.88. The van der Waals surface area contributed by atoms with Crippen LogP contribution in [0.25, 0.3) is 0 Å². The molecular weight excluding hydrogens is 614 g/mol. The molecule has 0 aliphatic carbocycles. The second-order valence-corrected chi connectivity index (χ2v) is 13.1. The fraction of sp³-hybridized carbons (Fsp3) is 0.333. The van der Waals surface area contributed by atoms with E-state index in [1.807, 2.05) is 68.4 Å². The number of aryl methyl sites for hydroxylation is 1.